The number of hydrogen-bond acceptors (Lipinski definition) is 5. The van der Waals surface area contributed by atoms with Gasteiger partial charge in [0.15, 0.2) is 5.78 Å². The number of rotatable bonds is 7. The topological polar surface area (TPSA) is 107 Å². The van der Waals surface area contributed by atoms with Crippen LogP contribution in [0.1, 0.15) is 28.4 Å². The van der Waals surface area contributed by atoms with Gasteiger partial charge in [-0.25, -0.2) is 0 Å². The lowest BCUT2D eigenvalue weighted by Gasteiger charge is -2.12. The van der Waals surface area contributed by atoms with Crippen LogP contribution in [0.2, 0.25) is 0 Å². The van der Waals surface area contributed by atoms with E-state index in [0.717, 1.165) is 11.6 Å². The Morgan fingerprint density at radius 3 is 2.42 bits per heavy atom. The van der Waals surface area contributed by atoms with Gasteiger partial charge in [0.1, 0.15) is 12.4 Å². The maximum Gasteiger partial charge on any atom is 0.307 e. The molecule has 0 bridgehead atoms. The lowest BCUT2D eigenvalue weighted by atomic mass is 10.0. The van der Waals surface area contributed by atoms with Gasteiger partial charge in [0.05, 0.1) is 23.0 Å². The molecule has 0 aliphatic rings. The molecular formula is C17H15NO6. The monoisotopic (exact) mass is 329 g/mol. The molecule has 0 spiro atoms. The van der Waals surface area contributed by atoms with Gasteiger partial charge in [0.2, 0.25) is 0 Å². The zero-order chi connectivity index (χ0) is 17.7. The molecule has 7 nitrogen and oxygen atoms in total. The van der Waals surface area contributed by atoms with Crippen molar-refractivity contribution in [1.29, 1.82) is 0 Å². The van der Waals surface area contributed by atoms with Crippen LogP contribution in [-0.2, 0) is 17.8 Å². The van der Waals surface area contributed by atoms with Crippen molar-refractivity contribution in [3.63, 3.8) is 0 Å². The van der Waals surface area contributed by atoms with Crippen molar-refractivity contribution in [3.8, 4) is 5.75 Å². The van der Waals surface area contributed by atoms with E-state index in [0.29, 0.717) is 0 Å². The lowest BCUT2D eigenvalue weighted by molar-refractivity contribution is -0.385. The molecule has 0 aromatic heterocycles. The first-order chi connectivity index (χ1) is 11.4. The minimum atomic E-state index is -1.12. The fourth-order valence-corrected chi connectivity index (χ4v) is 2.22. The van der Waals surface area contributed by atoms with Crippen LogP contribution in [-0.4, -0.2) is 21.8 Å². The second kappa shape index (κ2) is 7.36. The zero-order valence-corrected chi connectivity index (χ0v) is 12.9. The summed E-state index contributed by atoms with van der Waals surface area (Å²) in [4.78, 5) is 33.1. The highest BCUT2D eigenvalue weighted by molar-refractivity contribution is 5.98. The van der Waals surface area contributed by atoms with E-state index < -0.39 is 28.8 Å². The van der Waals surface area contributed by atoms with Crippen LogP contribution in [0, 0.1) is 10.1 Å². The van der Waals surface area contributed by atoms with Gasteiger partial charge in [-0.1, -0.05) is 30.3 Å². The number of nitro benzene ring substituents is 1. The molecule has 24 heavy (non-hydrogen) atoms. The number of Topliss-reactive ketones (excluding diaryl/α,β-unsaturated/α-hetero) is 1. The predicted octanol–water partition coefficient (Wildman–Crippen LogP) is 3.00. The number of hydrogen-bond donors (Lipinski definition) is 1. The lowest BCUT2D eigenvalue weighted by Crippen LogP contribution is -2.08. The van der Waals surface area contributed by atoms with Crippen molar-refractivity contribution < 1.29 is 24.4 Å². The van der Waals surface area contributed by atoms with Gasteiger partial charge in [0, 0.05) is 5.56 Å². The summed E-state index contributed by atoms with van der Waals surface area (Å²) in [5, 5.41) is 20.2. The first-order valence-electron chi connectivity index (χ1n) is 7.09. The van der Waals surface area contributed by atoms with Crippen molar-refractivity contribution in [1.82, 2.24) is 0 Å². The van der Waals surface area contributed by atoms with Crippen LogP contribution in [0.3, 0.4) is 0 Å². The molecule has 0 radical (unpaired) electrons. The zero-order valence-electron chi connectivity index (χ0n) is 12.9. The van der Waals surface area contributed by atoms with Crippen LogP contribution in [0.25, 0.3) is 0 Å². The molecule has 2 aromatic carbocycles. The maximum atomic E-state index is 11.6. The molecule has 0 atom stereocenters. The number of ether oxygens (including phenoxy) is 1. The fraction of sp³-hybridized carbons (Fsp3) is 0.176. The van der Waals surface area contributed by atoms with E-state index in [9.17, 15) is 19.7 Å². The smallest absolute Gasteiger partial charge is 0.307 e. The number of aliphatic carboxylic acids is 1. The van der Waals surface area contributed by atoms with Crippen molar-refractivity contribution in [3.05, 3.63) is 69.3 Å². The Balaban J connectivity index is 2.42. The predicted molar refractivity (Wildman–Crippen MR) is 85.2 cm³/mol. The number of carbonyl (C=O) groups excluding carboxylic acids is 1. The quantitative estimate of drug-likeness (QED) is 0.475. The Labute approximate surface area is 137 Å². The van der Waals surface area contributed by atoms with E-state index in [4.69, 9.17) is 9.84 Å². The average Bonchev–Trinajstić information content (AvgIpc) is 2.53. The molecule has 0 saturated heterocycles. The summed E-state index contributed by atoms with van der Waals surface area (Å²) in [6, 6.07) is 11.4. The third-order valence-electron chi connectivity index (χ3n) is 3.33. The largest absolute Gasteiger partial charge is 0.488 e. The summed E-state index contributed by atoms with van der Waals surface area (Å²) in [5.74, 6) is -1.55. The van der Waals surface area contributed by atoms with E-state index in [1.165, 1.54) is 13.0 Å². The van der Waals surface area contributed by atoms with Gasteiger partial charge in [-0.15, -0.1) is 0 Å². The molecule has 124 valence electrons. The summed E-state index contributed by atoms with van der Waals surface area (Å²) in [5.41, 5.74) is 0.509. The maximum absolute atomic E-state index is 11.6. The first-order valence-corrected chi connectivity index (χ1v) is 7.09. The van der Waals surface area contributed by atoms with E-state index >= 15 is 0 Å². The first kappa shape index (κ1) is 17.1. The van der Waals surface area contributed by atoms with Crippen LogP contribution in [0.5, 0.6) is 5.75 Å². The Hall–Kier alpha value is -3.22. The van der Waals surface area contributed by atoms with Crippen molar-refractivity contribution in [2.45, 2.75) is 20.0 Å². The van der Waals surface area contributed by atoms with Gasteiger partial charge in [-0.05, 0) is 18.6 Å². The molecule has 2 rings (SSSR count). The molecule has 0 aliphatic carbocycles. The highest BCUT2D eigenvalue weighted by Gasteiger charge is 2.23. The molecule has 0 amide bonds. The van der Waals surface area contributed by atoms with E-state index in [1.807, 2.05) is 30.3 Å². The summed E-state index contributed by atoms with van der Waals surface area (Å²) < 4.78 is 5.57. The summed E-state index contributed by atoms with van der Waals surface area (Å²) in [7, 11) is 0. The normalized spacial score (nSPS) is 10.2. The standard InChI is InChI=1S/C17H15NO6/c1-11(19)14-7-13(8-17(20)21)16(9-15(14)18(22)23)24-10-12-5-3-2-4-6-12/h2-7,9H,8,10H2,1H3,(H,20,21). The second-order valence-corrected chi connectivity index (χ2v) is 5.14. The van der Waals surface area contributed by atoms with Gasteiger partial charge in [0.25, 0.3) is 5.69 Å². The van der Waals surface area contributed by atoms with E-state index in [2.05, 4.69) is 0 Å². The molecule has 0 heterocycles. The van der Waals surface area contributed by atoms with Crippen molar-refractivity contribution >= 4 is 17.4 Å². The number of carbonyl (C=O) groups is 2. The third kappa shape index (κ3) is 4.16. The molecule has 1 N–H and O–H groups in total. The summed E-state index contributed by atoms with van der Waals surface area (Å²) >= 11 is 0. The van der Waals surface area contributed by atoms with Crippen molar-refractivity contribution in [2.75, 3.05) is 0 Å². The van der Waals surface area contributed by atoms with Gasteiger partial charge in [-0.2, -0.15) is 0 Å². The molecular weight excluding hydrogens is 314 g/mol. The van der Waals surface area contributed by atoms with Crippen molar-refractivity contribution in [2.24, 2.45) is 0 Å². The molecule has 0 unspecified atom stereocenters. The SMILES string of the molecule is CC(=O)c1cc(CC(=O)O)c(OCc2ccccc2)cc1[N+](=O)[O-]. The average molecular weight is 329 g/mol. The number of carboxylic acid groups (broad SMARTS) is 1. The molecule has 2 aromatic rings. The van der Waals surface area contributed by atoms with Crippen LogP contribution in [0.4, 0.5) is 5.69 Å². The summed E-state index contributed by atoms with van der Waals surface area (Å²) in [6.07, 6.45) is -0.400. The van der Waals surface area contributed by atoms with Crippen LogP contribution < -0.4 is 4.74 Å². The number of ketones is 1. The van der Waals surface area contributed by atoms with Gasteiger partial charge >= 0.3 is 5.97 Å². The number of benzene rings is 2. The Morgan fingerprint density at radius 1 is 1.21 bits per heavy atom. The number of nitro groups is 1. The third-order valence-corrected chi connectivity index (χ3v) is 3.33. The van der Waals surface area contributed by atoms with Crippen LogP contribution >= 0.6 is 0 Å². The highest BCUT2D eigenvalue weighted by atomic mass is 16.6. The van der Waals surface area contributed by atoms with E-state index in [-0.39, 0.29) is 23.5 Å². The fourth-order valence-electron chi connectivity index (χ4n) is 2.22. The highest BCUT2D eigenvalue weighted by Crippen LogP contribution is 2.30. The summed E-state index contributed by atoms with van der Waals surface area (Å²) in [6.45, 7) is 1.32. The Morgan fingerprint density at radius 2 is 1.88 bits per heavy atom. The molecule has 0 fully saturated rings. The number of carboxylic acids is 1. The van der Waals surface area contributed by atoms with Crippen LogP contribution in [0.15, 0.2) is 42.5 Å². The molecule has 0 aliphatic heterocycles. The Bertz CT molecular complexity index is 785. The van der Waals surface area contributed by atoms with E-state index in [1.54, 1.807) is 0 Å². The number of nitrogens with zero attached hydrogens (tertiary/aromatic N) is 1. The molecule has 0 saturated carbocycles. The molecule has 7 heteroatoms. The minimum absolute atomic E-state index is 0.0814. The second-order valence-electron chi connectivity index (χ2n) is 5.14. The van der Waals surface area contributed by atoms with Gasteiger partial charge in [-0.3, -0.25) is 19.7 Å². The Kier molecular flexibility index (Phi) is 5.26. The van der Waals surface area contributed by atoms with Gasteiger partial charge < -0.3 is 9.84 Å². The minimum Gasteiger partial charge on any atom is -0.488 e.